The molecule has 0 aliphatic heterocycles. The minimum Gasteiger partial charge on any atom is -0.481 e. The average molecular weight is 706 g/mol. The monoisotopic (exact) mass is 705 g/mol. The van der Waals surface area contributed by atoms with Gasteiger partial charge in [0.05, 0.1) is 44.3 Å². The maximum absolute atomic E-state index is 13.4. The van der Waals surface area contributed by atoms with Crippen LogP contribution in [0.3, 0.4) is 0 Å². The molecule has 0 amide bonds. The lowest BCUT2D eigenvalue weighted by atomic mass is 9.73. The Morgan fingerprint density at radius 3 is 1.92 bits per heavy atom. The molecule has 50 heavy (non-hydrogen) atoms. The molecule has 0 unspecified atom stereocenters. The Morgan fingerprint density at radius 1 is 0.900 bits per heavy atom. The number of esters is 4. The first-order chi connectivity index (χ1) is 23.4. The number of carboxylic acid groups (broad SMARTS) is 2. The Bertz CT molecular complexity index is 1460. The maximum atomic E-state index is 13.4. The highest BCUT2D eigenvalue weighted by Crippen LogP contribution is 2.49. The van der Waals surface area contributed by atoms with Crippen LogP contribution < -0.4 is 9.47 Å². The number of unbranched alkanes of at least 4 members (excludes halogenated alkanes) is 1. The van der Waals surface area contributed by atoms with E-state index >= 15 is 0 Å². The van der Waals surface area contributed by atoms with Crippen molar-refractivity contribution in [2.45, 2.75) is 90.4 Å². The van der Waals surface area contributed by atoms with Crippen molar-refractivity contribution in [3.8, 4) is 11.5 Å². The number of ether oxygens (including phenoxy) is 4. The highest BCUT2D eigenvalue weighted by molar-refractivity contribution is 5.84. The molecule has 2 atom stereocenters. The van der Waals surface area contributed by atoms with Crippen LogP contribution in [-0.4, -0.2) is 70.9 Å². The molecule has 0 aromatic heterocycles. The third-order valence-electron chi connectivity index (χ3n) is 7.89. The number of hydrogen-bond acceptors (Lipinski definition) is 13. The molecule has 0 heterocycles. The predicted octanol–water partition coefficient (Wildman–Crippen LogP) is 4.60. The summed E-state index contributed by atoms with van der Waals surface area (Å²) in [6.07, 6.45) is 1.19. The molecule has 0 bridgehead atoms. The number of carboxylic acids is 2. The van der Waals surface area contributed by atoms with Crippen LogP contribution >= 0.6 is 0 Å². The molecule has 2 rings (SSSR count). The fourth-order valence-corrected chi connectivity index (χ4v) is 5.16. The van der Waals surface area contributed by atoms with E-state index in [4.69, 9.17) is 29.2 Å². The minimum absolute atomic E-state index is 0.0364. The molecule has 1 aromatic rings. The van der Waals surface area contributed by atoms with Crippen molar-refractivity contribution in [1.29, 1.82) is 0 Å². The Balaban J connectivity index is 2.73. The van der Waals surface area contributed by atoms with Crippen molar-refractivity contribution in [2.24, 2.45) is 5.92 Å². The fourth-order valence-electron chi connectivity index (χ4n) is 5.16. The molecule has 16 heteroatoms. The van der Waals surface area contributed by atoms with Crippen LogP contribution in [0.5, 0.6) is 11.5 Å². The van der Waals surface area contributed by atoms with Crippen molar-refractivity contribution in [3.05, 3.63) is 57.2 Å². The third kappa shape index (κ3) is 13.0. The van der Waals surface area contributed by atoms with E-state index in [1.165, 1.54) is 32.9 Å². The number of hydrogen-bond donors (Lipinski definition) is 2. The van der Waals surface area contributed by atoms with Crippen LogP contribution in [0.25, 0.3) is 0 Å². The summed E-state index contributed by atoms with van der Waals surface area (Å²) in [7, 11) is 0. The van der Waals surface area contributed by atoms with Gasteiger partial charge in [0.2, 0.25) is 0 Å². The van der Waals surface area contributed by atoms with Gasteiger partial charge in [-0.2, -0.15) is 0 Å². The lowest BCUT2D eigenvalue weighted by Crippen LogP contribution is -2.32. The molecule has 0 radical (unpaired) electrons. The average Bonchev–Trinajstić information content (AvgIpc) is 3.02. The number of allylic oxidation sites excluding steroid dienone is 2. The predicted molar refractivity (Wildman–Crippen MR) is 173 cm³/mol. The van der Waals surface area contributed by atoms with E-state index in [1.807, 2.05) is 0 Å². The van der Waals surface area contributed by atoms with Crippen LogP contribution in [0.4, 0.5) is 0 Å². The van der Waals surface area contributed by atoms with E-state index in [2.05, 4.69) is 11.4 Å². The second-order valence-corrected chi connectivity index (χ2v) is 12.3. The number of nitrogens with zero attached hydrogens (tertiary/aromatic N) is 1. The van der Waals surface area contributed by atoms with E-state index in [0.717, 1.165) is 5.57 Å². The molecule has 1 aromatic carbocycles. The first-order valence-electron chi connectivity index (χ1n) is 15.9. The van der Waals surface area contributed by atoms with Crippen LogP contribution in [0.2, 0.25) is 0 Å². The standard InChI is InChI=1S/C34H43NO15/c1-20(2)24-9-8-22(19-47-21(3)36)16-25(24)32-26(49-30(41)12-10-28(37)38)17-23(18-27(32)50-31(42)13-11-29(39)40)34(4,5)33(43)46-14-6-7-15-48-35(44)45/h16-18,24-25H,1,6-15,19H2,2-5H3,(H,37,38)(H,39,40)/t24-,25+/m1/s1. The molecule has 1 aliphatic carbocycles. The SMILES string of the molecule is C=C(C)[C@H]1CCC(COC(C)=O)=C[C@@H]1c1c(OC(=O)CCC(=O)O)cc(C(C)(C)C(=O)OCCCCO[N+](=O)[O-])cc1OC(=O)CCC(=O)O. The van der Waals surface area contributed by atoms with Gasteiger partial charge in [-0.1, -0.05) is 18.2 Å². The Kier molecular flexibility index (Phi) is 15.6. The van der Waals surface area contributed by atoms with Gasteiger partial charge in [0.15, 0.2) is 0 Å². The number of aliphatic carboxylic acids is 2. The van der Waals surface area contributed by atoms with Crippen LogP contribution in [0.15, 0.2) is 35.9 Å². The molecule has 0 fully saturated rings. The zero-order chi connectivity index (χ0) is 37.6. The van der Waals surface area contributed by atoms with E-state index < -0.39 is 77.9 Å². The molecule has 274 valence electrons. The van der Waals surface area contributed by atoms with Gasteiger partial charge in [-0.3, -0.25) is 28.8 Å². The molecule has 0 saturated carbocycles. The molecule has 0 saturated heterocycles. The zero-order valence-electron chi connectivity index (χ0n) is 28.5. The molecule has 16 nitrogen and oxygen atoms in total. The lowest BCUT2D eigenvalue weighted by molar-refractivity contribution is -0.757. The van der Waals surface area contributed by atoms with Crippen LogP contribution in [0.1, 0.15) is 96.1 Å². The molecule has 0 spiro atoms. The van der Waals surface area contributed by atoms with E-state index in [9.17, 15) is 38.9 Å². The summed E-state index contributed by atoms with van der Waals surface area (Å²) in [5.74, 6) is -6.92. The van der Waals surface area contributed by atoms with Gasteiger partial charge in [0.1, 0.15) is 18.1 Å². The summed E-state index contributed by atoms with van der Waals surface area (Å²) in [5, 5.41) is 27.7. The Labute approximate surface area is 288 Å². The van der Waals surface area contributed by atoms with Crippen LogP contribution in [-0.2, 0) is 48.5 Å². The van der Waals surface area contributed by atoms with Crippen molar-refractivity contribution < 1.29 is 67.9 Å². The van der Waals surface area contributed by atoms with E-state index in [-0.39, 0.29) is 61.2 Å². The number of rotatable bonds is 20. The zero-order valence-corrected chi connectivity index (χ0v) is 28.5. The Hall–Kier alpha value is -5.28. The Morgan fingerprint density at radius 2 is 1.44 bits per heavy atom. The minimum atomic E-state index is -1.48. The van der Waals surface area contributed by atoms with E-state index in [1.54, 1.807) is 13.0 Å². The smallest absolute Gasteiger partial charge is 0.315 e. The molecular formula is C34H43NO15. The second-order valence-electron chi connectivity index (χ2n) is 12.3. The summed E-state index contributed by atoms with van der Waals surface area (Å²) < 4.78 is 22.1. The lowest BCUT2D eigenvalue weighted by Gasteiger charge is -2.34. The van der Waals surface area contributed by atoms with Crippen molar-refractivity contribution in [1.82, 2.24) is 0 Å². The molecule has 2 N–H and O–H groups in total. The summed E-state index contributed by atoms with van der Waals surface area (Å²) in [5.41, 5.74) is 0.295. The first-order valence-corrected chi connectivity index (χ1v) is 15.9. The largest absolute Gasteiger partial charge is 0.481 e. The fraction of sp³-hybridized carbons (Fsp3) is 0.529. The highest BCUT2D eigenvalue weighted by Gasteiger charge is 2.38. The topological polar surface area (TPSA) is 232 Å². The van der Waals surface area contributed by atoms with Crippen molar-refractivity contribution in [2.75, 3.05) is 19.8 Å². The van der Waals surface area contributed by atoms with Gasteiger partial charge in [-0.25, -0.2) is 0 Å². The van der Waals surface area contributed by atoms with Crippen molar-refractivity contribution in [3.63, 3.8) is 0 Å². The maximum Gasteiger partial charge on any atom is 0.315 e. The highest BCUT2D eigenvalue weighted by atomic mass is 16.9. The van der Waals surface area contributed by atoms with Gasteiger partial charge in [0, 0.05) is 18.4 Å². The molecular weight excluding hydrogens is 662 g/mol. The summed E-state index contributed by atoms with van der Waals surface area (Å²) in [6.45, 7) is 9.83. The summed E-state index contributed by atoms with van der Waals surface area (Å²) >= 11 is 0. The van der Waals surface area contributed by atoms with Gasteiger partial charge in [-0.15, -0.1) is 10.1 Å². The van der Waals surface area contributed by atoms with Gasteiger partial charge >= 0.3 is 35.8 Å². The first kappa shape index (κ1) is 40.9. The third-order valence-corrected chi connectivity index (χ3v) is 7.89. The number of carbonyl (C=O) groups excluding carboxylic acids is 4. The second kappa shape index (κ2) is 19.0. The van der Waals surface area contributed by atoms with Gasteiger partial charge in [0.25, 0.3) is 5.09 Å². The number of benzene rings is 1. The summed E-state index contributed by atoms with van der Waals surface area (Å²) in [4.78, 5) is 87.9. The number of carbonyl (C=O) groups is 6. The summed E-state index contributed by atoms with van der Waals surface area (Å²) in [6, 6.07) is 2.77. The molecule has 1 aliphatic rings. The van der Waals surface area contributed by atoms with Gasteiger partial charge < -0.3 is 34.0 Å². The van der Waals surface area contributed by atoms with Crippen LogP contribution in [0, 0.1) is 16.0 Å². The van der Waals surface area contributed by atoms with E-state index in [0.29, 0.717) is 18.4 Å². The van der Waals surface area contributed by atoms with Gasteiger partial charge in [-0.05, 0) is 75.6 Å². The quantitative estimate of drug-likeness (QED) is 0.0471. The normalized spacial score (nSPS) is 15.6. The van der Waals surface area contributed by atoms with Crippen molar-refractivity contribution >= 4 is 35.8 Å².